The third-order valence-corrected chi connectivity index (χ3v) is 4.90. The number of pyridine rings is 1. The third-order valence-electron chi connectivity index (χ3n) is 4.62. The summed E-state index contributed by atoms with van der Waals surface area (Å²) in [5.41, 5.74) is -0.847. The van der Waals surface area contributed by atoms with Crippen molar-refractivity contribution in [3.63, 3.8) is 0 Å². The van der Waals surface area contributed by atoms with Crippen molar-refractivity contribution in [2.75, 3.05) is 31.6 Å². The third kappa shape index (κ3) is 5.75. The molecule has 0 radical (unpaired) electrons. The molecule has 0 bridgehead atoms. The summed E-state index contributed by atoms with van der Waals surface area (Å²) >= 11 is 6.06. The lowest BCUT2D eigenvalue weighted by Crippen LogP contribution is -2.45. The van der Waals surface area contributed by atoms with Crippen LogP contribution in [-0.2, 0) is 12.7 Å². The maximum absolute atomic E-state index is 12.8. The standard InChI is InChI=1S/C18H23ClF3N7/c1-23-17(24-5-2-7-29-8-3-6-26-29)27-14-4-9-28(12-14)16-15(19)10-13(11-25-16)18(20,21)22/h3,6,8,10-11,14H,2,4-5,7,9,12H2,1H3,(H2,23,24,27). The Hall–Kier alpha value is -2.49. The molecule has 0 aromatic carbocycles. The molecule has 1 aliphatic heterocycles. The number of alkyl halides is 3. The molecule has 0 amide bonds. The topological polar surface area (TPSA) is 70.4 Å². The molecule has 2 N–H and O–H groups in total. The van der Waals surface area contributed by atoms with Crippen LogP contribution in [0.1, 0.15) is 18.4 Å². The van der Waals surface area contributed by atoms with Crippen LogP contribution in [0.3, 0.4) is 0 Å². The molecule has 1 unspecified atom stereocenters. The van der Waals surface area contributed by atoms with Crippen molar-refractivity contribution in [1.82, 2.24) is 25.4 Å². The second kappa shape index (κ2) is 9.34. The predicted molar refractivity (Wildman–Crippen MR) is 106 cm³/mol. The van der Waals surface area contributed by atoms with Crippen molar-refractivity contribution < 1.29 is 13.2 Å². The molecule has 1 fully saturated rings. The minimum Gasteiger partial charge on any atom is -0.356 e. The Labute approximate surface area is 172 Å². The number of hydrogen-bond acceptors (Lipinski definition) is 4. The molecular weight excluding hydrogens is 407 g/mol. The molecule has 29 heavy (non-hydrogen) atoms. The van der Waals surface area contributed by atoms with Crippen molar-refractivity contribution >= 4 is 23.4 Å². The van der Waals surface area contributed by atoms with Crippen LogP contribution in [-0.4, -0.2) is 53.4 Å². The van der Waals surface area contributed by atoms with Gasteiger partial charge in [-0.3, -0.25) is 9.67 Å². The summed E-state index contributed by atoms with van der Waals surface area (Å²) in [6.45, 7) is 2.77. The van der Waals surface area contributed by atoms with Crippen molar-refractivity contribution in [3.05, 3.63) is 41.3 Å². The number of anilines is 1. The Bertz CT molecular complexity index is 823. The normalized spacial score (nSPS) is 17.6. The smallest absolute Gasteiger partial charge is 0.356 e. The Morgan fingerprint density at radius 2 is 2.24 bits per heavy atom. The van der Waals surface area contributed by atoms with E-state index in [4.69, 9.17) is 11.6 Å². The van der Waals surface area contributed by atoms with E-state index in [0.29, 0.717) is 24.9 Å². The van der Waals surface area contributed by atoms with Crippen LogP contribution in [0.2, 0.25) is 5.02 Å². The minimum absolute atomic E-state index is 0.00148. The number of aryl methyl sites for hydroxylation is 1. The van der Waals surface area contributed by atoms with E-state index >= 15 is 0 Å². The lowest BCUT2D eigenvalue weighted by Gasteiger charge is -2.21. The number of guanidine groups is 1. The van der Waals surface area contributed by atoms with Gasteiger partial charge in [0.05, 0.1) is 10.6 Å². The monoisotopic (exact) mass is 429 g/mol. The number of nitrogens with zero attached hydrogens (tertiary/aromatic N) is 5. The summed E-state index contributed by atoms with van der Waals surface area (Å²) in [6, 6.07) is 2.90. The molecule has 11 heteroatoms. The van der Waals surface area contributed by atoms with Gasteiger partial charge in [-0.1, -0.05) is 11.6 Å². The van der Waals surface area contributed by atoms with E-state index in [0.717, 1.165) is 38.2 Å². The molecular formula is C18H23ClF3N7. The molecule has 0 spiro atoms. The second-order valence-electron chi connectivity index (χ2n) is 6.72. The van der Waals surface area contributed by atoms with Gasteiger partial charge in [0.25, 0.3) is 0 Å². The average molecular weight is 430 g/mol. The van der Waals surface area contributed by atoms with Crippen LogP contribution in [0.15, 0.2) is 35.7 Å². The highest BCUT2D eigenvalue weighted by Gasteiger charge is 2.33. The minimum atomic E-state index is -4.46. The van der Waals surface area contributed by atoms with Crippen LogP contribution in [0.5, 0.6) is 0 Å². The Balaban J connectivity index is 1.48. The van der Waals surface area contributed by atoms with Gasteiger partial charge in [-0.15, -0.1) is 0 Å². The molecule has 7 nitrogen and oxygen atoms in total. The Kier molecular flexibility index (Phi) is 6.83. The first-order valence-corrected chi connectivity index (χ1v) is 9.67. The van der Waals surface area contributed by atoms with Crippen molar-refractivity contribution in [1.29, 1.82) is 0 Å². The molecule has 1 saturated heterocycles. The van der Waals surface area contributed by atoms with Crippen LogP contribution < -0.4 is 15.5 Å². The van der Waals surface area contributed by atoms with Crippen molar-refractivity contribution in [2.24, 2.45) is 4.99 Å². The summed E-state index contributed by atoms with van der Waals surface area (Å²) in [7, 11) is 1.70. The van der Waals surface area contributed by atoms with E-state index in [1.165, 1.54) is 0 Å². The number of aliphatic imine (C=N–C) groups is 1. The first-order valence-electron chi connectivity index (χ1n) is 9.29. The molecule has 3 rings (SSSR count). The van der Waals surface area contributed by atoms with Crippen LogP contribution >= 0.6 is 11.6 Å². The Morgan fingerprint density at radius 3 is 2.90 bits per heavy atom. The number of halogens is 4. The fourth-order valence-corrected chi connectivity index (χ4v) is 3.44. The van der Waals surface area contributed by atoms with E-state index < -0.39 is 11.7 Å². The van der Waals surface area contributed by atoms with Gasteiger partial charge in [-0.25, -0.2) is 4.98 Å². The molecule has 2 aromatic rings. The maximum atomic E-state index is 12.8. The second-order valence-corrected chi connectivity index (χ2v) is 7.13. The predicted octanol–water partition coefficient (Wildman–Crippen LogP) is 2.78. The summed E-state index contributed by atoms with van der Waals surface area (Å²) in [6.07, 6.45) is 1.72. The van der Waals surface area contributed by atoms with Crippen molar-refractivity contribution in [3.8, 4) is 0 Å². The van der Waals surface area contributed by atoms with Gasteiger partial charge < -0.3 is 15.5 Å². The first kappa shape index (κ1) is 21.2. The van der Waals surface area contributed by atoms with Gasteiger partial charge in [0, 0.05) is 57.9 Å². The van der Waals surface area contributed by atoms with Gasteiger partial charge in [-0.2, -0.15) is 18.3 Å². The average Bonchev–Trinajstić information content (AvgIpc) is 3.35. The van der Waals surface area contributed by atoms with Crippen LogP contribution in [0.4, 0.5) is 19.0 Å². The maximum Gasteiger partial charge on any atom is 0.417 e. The number of hydrogen-bond donors (Lipinski definition) is 2. The number of nitrogens with one attached hydrogen (secondary N) is 2. The quantitative estimate of drug-likeness (QED) is 0.420. The fourth-order valence-electron chi connectivity index (χ4n) is 3.16. The largest absolute Gasteiger partial charge is 0.417 e. The van der Waals surface area contributed by atoms with Crippen LogP contribution in [0, 0.1) is 0 Å². The SMILES string of the molecule is CN=C(NCCCn1cccn1)NC1CCN(c2ncc(C(F)(F)F)cc2Cl)C1. The van der Waals surface area contributed by atoms with Gasteiger partial charge in [0.1, 0.15) is 5.82 Å². The van der Waals surface area contributed by atoms with E-state index in [-0.39, 0.29) is 11.1 Å². The molecule has 1 aliphatic rings. The summed E-state index contributed by atoms with van der Waals surface area (Å²) < 4.78 is 40.2. The van der Waals surface area contributed by atoms with Gasteiger partial charge >= 0.3 is 6.18 Å². The summed E-state index contributed by atoms with van der Waals surface area (Å²) in [5.74, 6) is 1.05. The summed E-state index contributed by atoms with van der Waals surface area (Å²) in [4.78, 5) is 10.0. The summed E-state index contributed by atoms with van der Waals surface area (Å²) in [5, 5.41) is 10.8. The number of rotatable bonds is 6. The van der Waals surface area contributed by atoms with E-state index in [2.05, 4.69) is 25.7 Å². The zero-order chi connectivity index (χ0) is 20.9. The molecule has 1 atom stereocenters. The fraction of sp³-hybridized carbons (Fsp3) is 0.500. The van der Waals surface area contributed by atoms with Gasteiger partial charge in [-0.05, 0) is 25.0 Å². The van der Waals surface area contributed by atoms with E-state index in [9.17, 15) is 13.2 Å². The van der Waals surface area contributed by atoms with Crippen LogP contribution in [0.25, 0.3) is 0 Å². The first-order chi connectivity index (χ1) is 13.9. The highest BCUT2D eigenvalue weighted by molar-refractivity contribution is 6.33. The number of aromatic nitrogens is 3. The zero-order valence-electron chi connectivity index (χ0n) is 16.0. The molecule has 0 aliphatic carbocycles. The molecule has 2 aromatic heterocycles. The van der Waals surface area contributed by atoms with Gasteiger partial charge in [0.15, 0.2) is 5.96 Å². The van der Waals surface area contributed by atoms with E-state index in [1.807, 2.05) is 21.8 Å². The lowest BCUT2D eigenvalue weighted by atomic mass is 10.2. The molecule has 158 valence electrons. The molecule has 0 saturated carbocycles. The van der Waals surface area contributed by atoms with Crippen molar-refractivity contribution in [2.45, 2.75) is 31.6 Å². The zero-order valence-corrected chi connectivity index (χ0v) is 16.7. The van der Waals surface area contributed by atoms with E-state index in [1.54, 1.807) is 13.2 Å². The van der Waals surface area contributed by atoms with Gasteiger partial charge in [0.2, 0.25) is 0 Å². The highest BCUT2D eigenvalue weighted by Crippen LogP contribution is 2.34. The highest BCUT2D eigenvalue weighted by atomic mass is 35.5. The lowest BCUT2D eigenvalue weighted by molar-refractivity contribution is -0.137. The Morgan fingerprint density at radius 1 is 1.41 bits per heavy atom. The molecule has 3 heterocycles.